The Morgan fingerprint density at radius 2 is 1.89 bits per heavy atom. The van der Waals surface area contributed by atoms with Gasteiger partial charge in [-0.2, -0.15) is 0 Å². The van der Waals surface area contributed by atoms with Gasteiger partial charge >= 0.3 is 0 Å². The van der Waals surface area contributed by atoms with Crippen LogP contribution in [0.1, 0.15) is 25.7 Å². The second-order valence-corrected chi connectivity index (χ2v) is 7.50. The first-order valence-electron chi connectivity index (χ1n) is 5.31. The fraction of sp³-hybridized carbons (Fsp3) is 0.500. The number of hydrogen-bond donors (Lipinski definition) is 0. The van der Waals surface area contributed by atoms with Crippen molar-refractivity contribution >= 4 is 31.5 Å². The third-order valence-corrected chi connectivity index (χ3v) is 5.08. The van der Waals surface area contributed by atoms with Gasteiger partial charge in [0.15, 0.2) is 10.3 Å². The molecule has 98 valence electrons. The molecule has 0 radical (unpaired) electrons. The summed E-state index contributed by atoms with van der Waals surface area (Å²) in [6, 6.07) is -0.0437. The number of hydrogen-bond acceptors (Lipinski definition) is 6. The fourth-order valence-electron chi connectivity index (χ4n) is 1.74. The van der Waals surface area contributed by atoms with Crippen LogP contribution in [0.3, 0.4) is 0 Å². The van der Waals surface area contributed by atoms with Gasteiger partial charge in [-0.25, -0.2) is 18.4 Å². The molecule has 2 rings (SSSR count). The lowest BCUT2D eigenvalue weighted by atomic mass is 10.3. The van der Waals surface area contributed by atoms with Gasteiger partial charge in [0, 0.05) is 12.3 Å². The van der Waals surface area contributed by atoms with E-state index in [1.54, 1.807) is 6.92 Å². The molecule has 18 heavy (non-hydrogen) atoms. The zero-order chi connectivity index (χ0) is 13.7. The molecule has 0 saturated heterocycles. The highest BCUT2D eigenvalue weighted by Crippen LogP contribution is 2.22. The average Bonchev–Trinajstić information content (AvgIpc) is 2.60. The highest BCUT2D eigenvalue weighted by atomic mass is 32.2. The molecule has 0 amide bonds. The van der Waals surface area contributed by atoms with E-state index >= 15 is 0 Å². The topological polar surface area (TPSA) is 81.9 Å². The van der Waals surface area contributed by atoms with Crippen LogP contribution in [-0.2, 0) is 9.84 Å². The highest BCUT2D eigenvalue weighted by Gasteiger charge is 2.19. The van der Waals surface area contributed by atoms with E-state index in [0.29, 0.717) is 10.7 Å². The van der Waals surface area contributed by atoms with Crippen LogP contribution >= 0.6 is 11.3 Å². The Hall–Kier alpha value is -1.28. The zero-order valence-electron chi connectivity index (χ0n) is 10.5. The SMILES string of the molecule is Cc1nc2sc(S(C)(=O)=O)nc2c(=O)n1C(C)C. The number of aryl methyl sites for hydroxylation is 1. The van der Waals surface area contributed by atoms with Crippen LogP contribution in [0.4, 0.5) is 0 Å². The minimum atomic E-state index is -3.41. The zero-order valence-corrected chi connectivity index (χ0v) is 12.1. The number of nitrogens with zero attached hydrogens (tertiary/aromatic N) is 3. The van der Waals surface area contributed by atoms with E-state index in [2.05, 4.69) is 9.97 Å². The Labute approximate surface area is 108 Å². The van der Waals surface area contributed by atoms with Crippen molar-refractivity contribution in [2.24, 2.45) is 0 Å². The van der Waals surface area contributed by atoms with Crippen LogP contribution in [-0.4, -0.2) is 29.2 Å². The van der Waals surface area contributed by atoms with E-state index in [1.165, 1.54) is 4.57 Å². The molecule has 2 aromatic rings. The molecule has 0 aliphatic rings. The molecule has 0 N–H and O–H groups in total. The van der Waals surface area contributed by atoms with Gasteiger partial charge in [-0.3, -0.25) is 9.36 Å². The molecule has 0 saturated carbocycles. The van der Waals surface area contributed by atoms with Crippen molar-refractivity contribution in [1.82, 2.24) is 14.5 Å². The predicted octanol–water partition coefficient (Wildman–Crippen LogP) is 1.15. The summed E-state index contributed by atoms with van der Waals surface area (Å²) in [7, 11) is -3.41. The summed E-state index contributed by atoms with van der Waals surface area (Å²) >= 11 is 0.929. The molecule has 2 heterocycles. The molecule has 0 fully saturated rings. The van der Waals surface area contributed by atoms with E-state index < -0.39 is 9.84 Å². The third kappa shape index (κ3) is 2.05. The summed E-state index contributed by atoms with van der Waals surface area (Å²) in [6.07, 6.45) is 1.07. The number of sulfone groups is 1. The summed E-state index contributed by atoms with van der Waals surface area (Å²) in [6.45, 7) is 5.46. The monoisotopic (exact) mass is 287 g/mol. The van der Waals surface area contributed by atoms with Crippen LogP contribution in [0.15, 0.2) is 9.13 Å². The molecular formula is C10H13N3O3S2. The minimum absolute atomic E-state index is 0.0437. The standard InChI is InChI=1S/C10H13N3O3S2/c1-5(2)13-6(3)11-8-7(9(13)14)12-10(17-8)18(4,15)16/h5H,1-4H3. The lowest BCUT2D eigenvalue weighted by Gasteiger charge is -2.11. The first kappa shape index (κ1) is 13.2. The Kier molecular flexibility index (Phi) is 3.02. The molecule has 0 aliphatic heterocycles. The number of thiazole rings is 1. The van der Waals surface area contributed by atoms with Gasteiger partial charge in [0.05, 0.1) is 0 Å². The molecule has 0 atom stereocenters. The van der Waals surface area contributed by atoms with E-state index in [0.717, 1.165) is 17.6 Å². The van der Waals surface area contributed by atoms with Crippen molar-refractivity contribution in [3.63, 3.8) is 0 Å². The minimum Gasteiger partial charge on any atom is -0.292 e. The summed E-state index contributed by atoms with van der Waals surface area (Å²) in [5, 5.41) is 0. The maximum atomic E-state index is 12.2. The second-order valence-electron chi connectivity index (χ2n) is 4.33. The summed E-state index contributed by atoms with van der Waals surface area (Å²) < 4.78 is 24.3. The van der Waals surface area contributed by atoms with Crippen molar-refractivity contribution in [3.05, 3.63) is 16.2 Å². The molecule has 0 bridgehead atoms. The van der Waals surface area contributed by atoms with E-state index in [-0.39, 0.29) is 21.5 Å². The van der Waals surface area contributed by atoms with Crippen LogP contribution in [0.5, 0.6) is 0 Å². The molecule has 8 heteroatoms. The van der Waals surface area contributed by atoms with Crippen molar-refractivity contribution in [3.8, 4) is 0 Å². The molecular weight excluding hydrogens is 274 g/mol. The first-order chi connectivity index (χ1) is 8.21. The van der Waals surface area contributed by atoms with Crippen LogP contribution in [0, 0.1) is 6.92 Å². The van der Waals surface area contributed by atoms with Crippen LogP contribution in [0.2, 0.25) is 0 Å². The van der Waals surface area contributed by atoms with Gasteiger partial charge in [0.25, 0.3) is 5.56 Å². The van der Waals surface area contributed by atoms with Gasteiger partial charge in [0.2, 0.25) is 14.2 Å². The van der Waals surface area contributed by atoms with Crippen LogP contribution < -0.4 is 5.56 Å². The largest absolute Gasteiger partial charge is 0.292 e. The fourth-order valence-corrected chi connectivity index (χ4v) is 3.55. The lowest BCUT2D eigenvalue weighted by Crippen LogP contribution is -2.25. The second kappa shape index (κ2) is 4.13. The maximum absolute atomic E-state index is 12.2. The van der Waals surface area contributed by atoms with Crippen molar-refractivity contribution in [1.29, 1.82) is 0 Å². The summed E-state index contributed by atoms with van der Waals surface area (Å²) in [5.41, 5.74) is -0.168. The maximum Gasteiger partial charge on any atom is 0.281 e. The normalized spacial score (nSPS) is 12.5. The molecule has 0 unspecified atom stereocenters. The molecule has 0 aromatic carbocycles. The molecule has 6 nitrogen and oxygen atoms in total. The Morgan fingerprint density at radius 1 is 1.28 bits per heavy atom. The summed E-state index contributed by atoms with van der Waals surface area (Å²) in [4.78, 5) is 20.7. The van der Waals surface area contributed by atoms with Gasteiger partial charge < -0.3 is 0 Å². The van der Waals surface area contributed by atoms with E-state index in [1.807, 2.05) is 13.8 Å². The van der Waals surface area contributed by atoms with Crippen molar-refractivity contribution < 1.29 is 8.42 Å². The van der Waals surface area contributed by atoms with Crippen molar-refractivity contribution in [2.45, 2.75) is 31.2 Å². The third-order valence-electron chi connectivity index (χ3n) is 2.46. The number of fused-ring (bicyclic) bond motifs is 1. The number of aromatic nitrogens is 3. The van der Waals surface area contributed by atoms with E-state index in [4.69, 9.17) is 0 Å². The smallest absolute Gasteiger partial charge is 0.281 e. The molecule has 2 aromatic heterocycles. The first-order valence-corrected chi connectivity index (χ1v) is 8.02. The van der Waals surface area contributed by atoms with E-state index in [9.17, 15) is 13.2 Å². The average molecular weight is 287 g/mol. The Balaban J connectivity index is 2.88. The van der Waals surface area contributed by atoms with Gasteiger partial charge in [-0.15, -0.1) is 0 Å². The highest BCUT2D eigenvalue weighted by molar-refractivity contribution is 7.92. The molecule has 0 spiro atoms. The lowest BCUT2D eigenvalue weighted by molar-refractivity contribution is 0.554. The van der Waals surface area contributed by atoms with Gasteiger partial charge in [-0.1, -0.05) is 11.3 Å². The Morgan fingerprint density at radius 3 is 2.39 bits per heavy atom. The van der Waals surface area contributed by atoms with Gasteiger partial charge in [-0.05, 0) is 20.8 Å². The van der Waals surface area contributed by atoms with Gasteiger partial charge in [0.1, 0.15) is 5.82 Å². The van der Waals surface area contributed by atoms with Crippen LogP contribution in [0.25, 0.3) is 10.3 Å². The predicted molar refractivity (Wildman–Crippen MR) is 69.9 cm³/mol. The number of rotatable bonds is 2. The van der Waals surface area contributed by atoms with Crippen molar-refractivity contribution in [2.75, 3.05) is 6.26 Å². The molecule has 0 aliphatic carbocycles. The Bertz CT molecular complexity index is 771. The quantitative estimate of drug-likeness (QED) is 0.827. The summed E-state index contributed by atoms with van der Waals surface area (Å²) in [5.74, 6) is 0.561.